The van der Waals surface area contributed by atoms with Gasteiger partial charge >= 0.3 is 5.97 Å². The fraction of sp³-hybridized carbons (Fsp3) is 0.966. The number of carboxylic acids is 1. The van der Waals surface area contributed by atoms with E-state index in [1.165, 1.54) is 128 Å². The maximum absolute atomic E-state index is 11.9. The molecule has 2 unspecified atom stereocenters. The molecule has 0 radical (unpaired) electrons. The van der Waals surface area contributed by atoms with Crippen molar-refractivity contribution in [1.29, 1.82) is 0 Å². The molecule has 0 spiro atoms. The summed E-state index contributed by atoms with van der Waals surface area (Å²) in [6.07, 6.45) is 29.4. The minimum absolute atomic E-state index is 0.110. The minimum atomic E-state index is -0.542. The molecule has 0 heterocycles. The van der Waals surface area contributed by atoms with Crippen molar-refractivity contribution in [2.45, 2.75) is 168 Å². The second kappa shape index (κ2) is 24.1. The van der Waals surface area contributed by atoms with E-state index in [9.17, 15) is 9.90 Å². The van der Waals surface area contributed by atoms with Gasteiger partial charge in [0.2, 0.25) is 0 Å². The molecule has 0 aliphatic carbocycles. The lowest BCUT2D eigenvalue weighted by Crippen LogP contribution is -2.18. The summed E-state index contributed by atoms with van der Waals surface area (Å²) in [6.45, 7) is 6.78. The van der Waals surface area contributed by atoms with Gasteiger partial charge in [-0.1, -0.05) is 156 Å². The first-order chi connectivity index (χ1) is 15.2. The van der Waals surface area contributed by atoms with Crippen LogP contribution < -0.4 is 0 Å². The Morgan fingerprint density at radius 2 is 0.839 bits per heavy atom. The van der Waals surface area contributed by atoms with E-state index in [-0.39, 0.29) is 5.92 Å². The van der Waals surface area contributed by atoms with Gasteiger partial charge in [-0.3, -0.25) is 4.79 Å². The maximum atomic E-state index is 11.9. The SMILES string of the molecule is CCCCCCCCCCC(CCCCCCCC)CC(CCCCCCC)C(=O)O. The third kappa shape index (κ3) is 21.1. The number of rotatable bonds is 25. The molecule has 0 saturated carbocycles. The summed E-state index contributed by atoms with van der Waals surface area (Å²) in [6, 6.07) is 0. The van der Waals surface area contributed by atoms with Gasteiger partial charge in [-0.15, -0.1) is 0 Å². The molecule has 2 heteroatoms. The Bertz CT molecular complexity index is 366. The number of unbranched alkanes of at least 4 members (excludes halogenated alkanes) is 16. The van der Waals surface area contributed by atoms with Gasteiger partial charge in [-0.25, -0.2) is 0 Å². The zero-order valence-electron chi connectivity index (χ0n) is 21.8. The van der Waals surface area contributed by atoms with Crippen LogP contribution in [0.4, 0.5) is 0 Å². The first-order valence-corrected chi connectivity index (χ1v) is 14.4. The molecule has 1 N–H and O–H groups in total. The second-order valence-electron chi connectivity index (χ2n) is 10.2. The third-order valence-corrected chi connectivity index (χ3v) is 7.06. The molecule has 0 bridgehead atoms. The van der Waals surface area contributed by atoms with Gasteiger partial charge in [0.1, 0.15) is 0 Å². The number of carboxylic acid groups (broad SMARTS) is 1. The standard InChI is InChI=1S/C29H58O2/c1-4-7-10-13-15-16-19-21-24-27(23-20-18-14-11-8-5-2)26-28(29(30)31)25-22-17-12-9-6-3/h27-28H,4-26H2,1-3H3,(H,30,31). The average molecular weight is 439 g/mol. The molecule has 0 aromatic carbocycles. The van der Waals surface area contributed by atoms with Gasteiger partial charge in [0.05, 0.1) is 5.92 Å². The molecule has 31 heavy (non-hydrogen) atoms. The number of hydrogen-bond acceptors (Lipinski definition) is 1. The zero-order valence-corrected chi connectivity index (χ0v) is 21.8. The quantitative estimate of drug-likeness (QED) is 0.144. The third-order valence-electron chi connectivity index (χ3n) is 7.06. The Hall–Kier alpha value is -0.530. The first kappa shape index (κ1) is 30.5. The van der Waals surface area contributed by atoms with Gasteiger partial charge < -0.3 is 5.11 Å². The predicted molar refractivity (Wildman–Crippen MR) is 138 cm³/mol. The van der Waals surface area contributed by atoms with E-state index in [0.29, 0.717) is 5.92 Å². The van der Waals surface area contributed by atoms with E-state index >= 15 is 0 Å². The fourth-order valence-electron chi connectivity index (χ4n) is 4.90. The highest BCUT2D eigenvalue weighted by molar-refractivity contribution is 5.69. The van der Waals surface area contributed by atoms with Crippen molar-refractivity contribution < 1.29 is 9.90 Å². The second-order valence-corrected chi connectivity index (χ2v) is 10.2. The molecule has 0 aromatic rings. The van der Waals surface area contributed by atoms with Crippen LogP contribution in [0.2, 0.25) is 0 Å². The van der Waals surface area contributed by atoms with Gasteiger partial charge in [0.25, 0.3) is 0 Å². The molecule has 0 saturated heterocycles. The number of carbonyl (C=O) groups is 1. The normalized spacial score (nSPS) is 13.4. The van der Waals surface area contributed by atoms with E-state index in [1.54, 1.807) is 0 Å². The Kier molecular flexibility index (Phi) is 23.7. The summed E-state index contributed by atoms with van der Waals surface area (Å²) in [5.74, 6) is -0.0249. The lowest BCUT2D eigenvalue weighted by molar-refractivity contribution is -0.142. The molecular weight excluding hydrogens is 380 g/mol. The van der Waals surface area contributed by atoms with Crippen molar-refractivity contribution >= 4 is 5.97 Å². The van der Waals surface area contributed by atoms with Crippen LogP contribution in [0.1, 0.15) is 168 Å². The molecule has 186 valence electrons. The Morgan fingerprint density at radius 3 is 1.19 bits per heavy atom. The van der Waals surface area contributed by atoms with E-state index in [0.717, 1.165) is 19.3 Å². The summed E-state index contributed by atoms with van der Waals surface area (Å²) < 4.78 is 0. The summed E-state index contributed by atoms with van der Waals surface area (Å²) in [4.78, 5) is 11.9. The molecule has 0 amide bonds. The smallest absolute Gasteiger partial charge is 0.306 e. The van der Waals surface area contributed by atoms with Gasteiger partial charge in [-0.05, 0) is 18.8 Å². The van der Waals surface area contributed by atoms with E-state index in [2.05, 4.69) is 20.8 Å². The number of hydrogen-bond donors (Lipinski definition) is 1. The largest absolute Gasteiger partial charge is 0.481 e. The van der Waals surface area contributed by atoms with Crippen molar-refractivity contribution in [3.05, 3.63) is 0 Å². The maximum Gasteiger partial charge on any atom is 0.306 e. The van der Waals surface area contributed by atoms with Crippen LogP contribution in [0.15, 0.2) is 0 Å². The Morgan fingerprint density at radius 1 is 0.516 bits per heavy atom. The molecule has 0 aliphatic heterocycles. The molecule has 0 aliphatic rings. The summed E-state index contributed by atoms with van der Waals surface area (Å²) in [7, 11) is 0. The molecule has 2 nitrogen and oxygen atoms in total. The fourth-order valence-corrected chi connectivity index (χ4v) is 4.90. The molecular formula is C29H58O2. The Balaban J connectivity index is 4.32. The van der Waals surface area contributed by atoms with Gasteiger partial charge in [0, 0.05) is 0 Å². The summed E-state index contributed by atoms with van der Waals surface area (Å²) >= 11 is 0. The summed E-state index contributed by atoms with van der Waals surface area (Å²) in [5.41, 5.74) is 0. The van der Waals surface area contributed by atoms with Crippen LogP contribution in [0.3, 0.4) is 0 Å². The highest BCUT2D eigenvalue weighted by atomic mass is 16.4. The van der Waals surface area contributed by atoms with Gasteiger partial charge in [-0.2, -0.15) is 0 Å². The highest BCUT2D eigenvalue weighted by Crippen LogP contribution is 2.28. The minimum Gasteiger partial charge on any atom is -0.481 e. The van der Waals surface area contributed by atoms with Crippen molar-refractivity contribution in [3.8, 4) is 0 Å². The zero-order chi connectivity index (χ0) is 23.0. The molecule has 2 atom stereocenters. The van der Waals surface area contributed by atoms with Crippen molar-refractivity contribution in [1.82, 2.24) is 0 Å². The summed E-state index contributed by atoms with van der Waals surface area (Å²) in [5, 5.41) is 9.81. The Labute approximate surface area is 196 Å². The van der Waals surface area contributed by atoms with Crippen LogP contribution in [0, 0.1) is 11.8 Å². The van der Waals surface area contributed by atoms with Crippen molar-refractivity contribution in [3.63, 3.8) is 0 Å². The molecule has 0 fully saturated rings. The van der Waals surface area contributed by atoms with Crippen molar-refractivity contribution in [2.24, 2.45) is 11.8 Å². The number of aliphatic carboxylic acids is 1. The first-order valence-electron chi connectivity index (χ1n) is 14.4. The van der Waals surface area contributed by atoms with Gasteiger partial charge in [0.15, 0.2) is 0 Å². The van der Waals surface area contributed by atoms with Crippen LogP contribution in [-0.2, 0) is 4.79 Å². The van der Waals surface area contributed by atoms with E-state index in [4.69, 9.17) is 0 Å². The van der Waals surface area contributed by atoms with Crippen LogP contribution in [-0.4, -0.2) is 11.1 Å². The van der Waals surface area contributed by atoms with Crippen LogP contribution in [0.25, 0.3) is 0 Å². The van der Waals surface area contributed by atoms with E-state index in [1.807, 2.05) is 0 Å². The highest BCUT2D eigenvalue weighted by Gasteiger charge is 2.22. The van der Waals surface area contributed by atoms with Crippen LogP contribution in [0.5, 0.6) is 0 Å². The lowest BCUT2D eigenvalue weighted by atomic mass is 9.84. The predicted octanol–water partition coefficient (Wildman–Crippen LogP) is 10.3. The van der Waals surface area contributed by atoms with Crippen molar-refractivity contribution in [2.75, 3.05) is 0 Å². The topological polar surface area (TPSA) is 37.3 Å². The monoisotopic (exact) mass is 438 g/mol. The average Bonchev–Trinajstić information content (AvgIpc) is 2.76. The molecule has 0 aromatic heterocycles. The lowest BCUT2D eigenvalue weighted by Gasteiger charge is -2.21. The van der Waals surface area contributed by atoms with Crippen LogP contribution >= 0.6 is 0 Å². The molecule has 0 rings (SSSR count). The van der Waals surface area contributed by atoms with E-state index < -0.39 is 5.97 Å².